The molecule has 8 heteroatoms. The van der Waals surface area contributed by atoms with Crippen LogP contribution < -0.4 is 25.8 Å². The van der Waals surface area contributed by atoms with Crippen LogP contribution in [0.3, 0.4) is 0 Å². The number of ether oxygens (including phenoxy) is 3. The molecule has 8 nitrogen and oxygen atoms in total. The number of carbonyl (C=O) groups excluding carboxylic acids is 1. The maximum Gasteiger partial charge on any atom is 0.226 e. The Hall–Kier alpha value is -1.87. The second kappa shape index (κ2) is 15.5. The fourth-order valence-electron chi connectivity index (χ4n) is 4.98. The molecule has 37 heavy (non-hydrogen) atoms. The fraction of sp³-hybridized carbons (Fsp3) is 0.759. The van der Waals surface area contributed by atoms with E-state index < -0.39 is 17.6 Å². The van der Waals surface area contributed by atoms with Crippen molar-refractivity contribution < 1.29 is 24.1 Å². The predicted molar refractivity (Wildman–Crippen MR) is 148 cm³/mol. The van der Waals surface area contributed by atoms with E-state index in [1.54, 1.807) is 14.2 Å². The first-order chi connectivity index (χ1) is 17.6. The highest BCUT2D eigenvalue weighted by atomic mass is 16.5. The van der Waals surface area contributed by atoms with Crippen molar-refractivity contribution in [3.63, 3.8) is 0 Å². The molecule has 0 radical (unpaired) electrons. The molecule has 0 spiro atoms. The van der Waals surface area contributed by atoms with Crippen molar-refractivity contribution in [1.29, 1.82) is 0 Å². The van der Waals surface area contributed by atoms with Crippen molar-refractivity contribution in [3.05, 3.63) is 23.8 Å². The number of hydrogen-bond donors (Lipinski definition) is 4. The molecule has 0 saturated carbocycles. The molecule has 1 aromatic carbocycles. The fourth-order valence-corrected chi connectivity index (χ4v) is 4.98. The summed E-state index contributed by atoms with van der Waals surface area (Å²) < 4.78 is 16.5. The number of hydrogen-bond acceptors (Lipinski definition) is 7. The highest BCUT2D eigenvalue weighted by Gasteiger charge is 2.37. The lowest BCUT2D eigenvalue weighted by Crippen LogP contribution is -2.51. The maximum atomic E-state index is 12.9. The number of aliphatic hydroxyl groups is 1. The quantitative estimate of drug-likeness (QED) is 0.247. The number of carbonyl (C=O) groups is 1. The third-order valence-electron chi connectivity index (χ3n) is 7.86. The van der Waals surface area contributed by atoms with Crippen LogP contribution in [0.5, 0.6) is 11.5 Å². The third-order valence-corrected chi connectivity index (χ3v) is 7.86. The summed E-state index contributed by atoms with van der Waals surface area (Å²) in [6, 6.07) is 5.59. The van der Waals surface area contributed by atoms with Crippen LogP contribution in [0.1, 0.15) is 58.9 Å². The van der Waals surface area contributed by atoms with Gasteiger partial charge in [0.05, 0.1) is 19.8 Å². The zero-order valence-electron chi connectivity index (χ0n) is 23.8. The molecule has 4 atom stereocenters. The number of rotatable bonds is 16. The first kappa shape index (κ1) is 31.3. The molecular weight excluding hydrogens is 470 g/mol. The molecule has 0 bridgehead atoms. The minimum absolute atomic E-state index is 0.0240. The van der Waals surface area contributed by atoms with Crippen LogP contribution in [0.25, 0.3) is 0 Å². The van der Waals surface area contributed by atoms with Crippen LogP contribution in [0, 0.1) is 23.2 Å². The van der Waals surface area contributed by atoms with Crippen LogP contribution in [0.2, 0.25) is 0 Å². The molecular formula is C29H51N3O5. The summed E-state index contributed by atoms with van der Waals surface area (Å²) >= 11 is 0. The molecule has 0 aliphatic carbocycles. The van der Waals surface area contributed by atoms with Gasteiger partial charge in [-0.2, -0.15) is 0 Å². The van der Waals surface area contributed by atoms with Gasteiger partial charge in [-0.25, -0.2) is 0 Å². The highest BCUT2D eigenvalue weighted by Crippen LogP contribution is 2.33. The summed E-state index contributed by atoms with van der Waals surface area (Å²) in [4.78, 5) is 12.9. The Balaban J connectivity index is 1.94. The monoisotopic (exact) mass is 521 g/mol. The zero-order valence-corrected chi connectivity index (χ0v) is 23.8. The normalized spacial score (nSPS) is 18.8. The molecule has 1 heterocycles. The number of nitrogens with two attached hydrogens (primary N) is 1. The molecule has 212 valence electrons. The minimum atomic E-state index is -0.805. The van der Waals surface area contributed by atoms with Crippen LogP contribution in [-0.2, 0) is 16.0 Å². The van der Waals surface area contributed by atoms with Crippen molar-refractivity contribution >= 4 is 5.91 Å². The Morgan fingerprint density at radius 2 is 2.00 bits per heavy atom. The Labute approximate surface area is 224 Å². The largest absolute Gasteiger partial charge is 0.493 e. The number of nitrogens with one attached hydrogen (secondary N) is 2. The average Bonchev–Trinajstić information content (AvgIpc) is 2.89. The standard InChI is InChI=1S/C29H51N3O5/c1-20(2)22(15-21-10-11-26(36-6)27(16-21)37-14-8-13-35-5)17-24(30)25(33)19-32-28(34)29(3,4)23-9-7-12-31-18-23/h10-11,16,20,22-25,31,33H,7-9,12-15,17-19,30H2,1-6H3,(H,32,34)/t22-,23?,24-,25-/m0/s1. The lowest BCUT2D eigenvalue weighted by atomic mass is 9.74. The van der Waals surface area contributed by atoms with Gasteiger partial charge in [0.25, 0.3) is 0 Å². The first-order valence-electron chi connectivity index (χ1n) is 13.8. The summed E-state index contributed by atoms with van der Waals surface area (Å²) in [6.45, 7) is 11.6. The van der Waals surface area contributed by atoms with Gasteiger partial charge < -0.3 is 35.7 Å². The van der Waals surface area contributed by atoms with E-state index in [4.69, 9.17) is 19.9 Å². The Morgan fingerprint density at radius 1 is 1.24 bits per heavy atom. The van der Waals surface area contributed by atoms with Crippen LogP contribution in [-0.4, -0.2) is 70.2 Å². The Morgan fingerprint density at radius 3 is 2.62 bits per heavy atom. The molecule has 1 saturated heterocycles. The molecule has 1 amide bonds. The SMILES string of the molecule is COCCCOc1cc(C[C@@H](C[C@H](N)[C@@H](O)CNC(=O)C(C)(C)C2CCCNC2)C(C)C)ccc1OC. The molecule has 1 aliphatic rings. The smallest absolute Gasteiger partial charge is 0.226 e. The van der Waals surface area contributed by atoms with E-state index in [0.29, 0.717) is 31.3 Å². The number of methoxy groups -OCH3 is 2. The molecule has 1 aromatic rings. The van der Waals surface area contributed by atoms with Crippen LogP contribution >= 0.6 is 0 Å². The van der Waals surface area contributed by atoms with E-state index in [-0.39, 0.29) is 24.3 Å². The van der Waals surface area contributed by atoms with Gasteiger partial charge in [-0.05, 0) is 74.2 Å². The first-order valence-corrected chi connectivity index (χ1v) is 13.8. The number of piperidine rings is 1. The van der Waals surface area contributed by atoms with E-state index in [1.165, 1.54) is 0 Å². The number of aliphatic hydroxyl groups excluding tert-OH is 1. The van der Waals surface area contributed by atoms with Gasteiger partial charge in [0, 0.05) is 38.1 Å². The number of benzene rings is 1. The molecule has 5 N–H and O–H groups in total. The molecule has 0 aromatic heterocycles. The summed E-state index contributed by atoms with van der Waals surface area (Å²) in [5, 5.41) is 17.1. The van der Waals surface area contributed by atoms with E-state index in [2.05, 4.69) is 30.5 Å². The predicted octanol–water partition coefficient (Wildman–Crippen LogP) is 3.15. The van der Waals surface area contributed by atoms with Crippen molar-refractivity contribution in [3.8, 4) is 11.5 Å². The van der Waals surface area contributed by atoms with Gasteiger partial charge in [0.1, 0.15) is 0 Å². The molecule has 1 fully saturated rings. The Bertz CT molecular complexity index is 811. The topological polar surface area (TPSA) is 115 Å². The second-order valence-corrected chi connectivity index (χ2v) is 11.3. The van der Waals surface area contributed by atoms with Crippen molar-refractivity contribution in [2.75, 3.05) is 47.1 Å². The lowest BCUT2D eigenvalue weighted by Gasteiger charge is -2.36. The van der Waals surface area contributed by atoms with Crippen molar-refractivity contribution in [1.82, 2.24) is 10.6 Å². The van der Waals surface area contributed by atoms with Gasteiger partial charge in [0.15, 0.2) is 11.5 Å². The van der Waals surface area contributed by atoms with Gasteiger partial charge in [-0.3, -0.25) is 4.79 Å². The summed E-state index contributed by atoms with van der Waals surface area (Å²) in [5.74, 6) is 2.33. The van der Waals surface area contributed by atoms with E-state index >= 15 is 0 Å². The zero-order chi connectivity index (χ0) is 27.4. The maximum absolute atomic E-state index is 12.9. The molecule has 1 unspecified atom stereocenters. The van der Waals surface area contributed by atoms with E-state index in [1.807, 2.05) is 26.0 Å². The summed E-state index contributed by atoms with van der Waals surface area (Å²) in [6.07, 6.45) is 3.58. The van der Waals surface area contributed by atoms with Gasteiger partial charge in [0.2, 0.25) is 5.91 Å². The van der Waals surface area contributed by atoms with Crippen molar-refractivity contribution in [2.45, 2.75) is 71.9 Å². The molecule has 1 aliphatic heterocycles. The van der Waals surface area contributed by atoms with Gasteiger partial charge in [-0.15, -0.1) is 0 Å². The number of amides is 1. The van der Waals surface area contributed by atoms with Crippen molar-refractivity contribution in [2.24, 2.45) is 28.9 Å². The van der Waals surface area contributed by atoms with E-state index in [9.17, 15) is 9.90 Å². The second-order valence-electron chi connectivity index (χ2n) is 11.3. The third kappa shape index (κ3) is 9.74. The highest BCUT2D eigenvalue weighted by molar-refractivity contribution is 5.82. The van der Waals surface area contributed by atoms with Crippen LogP contribution in [0.4, 0.5) is 0 Å². The Kier molecular flexibility index (Phi) is 13.1. The lowest BCUT2D eigenvalue weighted by molar-refractivity contribution is -0.133. The van der Waals surface area contributed by atoms with Crippen LogP contribution in [0.15, 0.2) is 18.2 Å². The average molecular weight is 522 g/mol. The summed E-state index contributed by atoms with van der Waals surface area (Å²) in [7, 11) is 3.32. The molecule has 2 rings (SSSR count). The van der Waals surface area contributed by atoms with E-state index in [0.717, 1.165) is 50.1 Å². The minimum Gasteiger partial charge on any atom is -0.493 e. The van der Waals surface area contributed by atoms with Gasteiger partial charge in [-0.1, -0.05) is 33.8 Å². The summed E-state index contributed by atoms with van der Waals surface area (Å²) in [5.41, 5.74) is 7.10. The van der Waals surface area contributed by atoms with Gasteiger partial charge >= 0.3 is 0 Å².